The molecular formula is C15H22Cl2IN3O. The first-order chi connectivity index (χ1) is 10.2. The van der Waals surface area contributed by atoms with E-state index in [9.17, 15) is 0 Å². The Labute approximate surface area is 159 Å². The van der Waals surface area contributed by atoms with Gasteiger partial charge in [0.2, 0.25) is 0 Å². The third-order valence-corrected chi connectivity index (χ3v) is 4.18. The van der Waals surface area contributed by atoms with Crippen molar-refractivity contribution in [1.82, 2.24) is 10.6 Å². The summed E-state index contributed by atoms with van der Waals surface area (Å²) in [4.78, 5) is 4.20. The summed E-state index contributed by atoms with van der Waals surface area (Å²) in [5, 5.41) is 7.94. The van der Waals surface area contributed by atoms with Crippen LogP contribution in [0.5, 0.6) is 0 Å². The van der Waals surface area contributed by atoms with Crippen molar-refractivity contribution in [3.63, 3.8) is 0 Å². The largest absolute Gasteiger partial charge is 0.376 e. The second-order valence-electron chi connectivity index (χ2n) is 4.97. The zero-order valence-corrected chi connectivity index (χ0v) is 16.4. The van der Waals surface area contributed by atoms with Gasteiger partial charge in [0.25, 0.3) is 0 Å². The van der Waals surface area contributed by atoms with Crippen molar-refractivity contribution in [3.8, 4) is 0 Å². The van der Waals surface area contributed by atoms with Crippen LogP contribution in [-0.4, -0.2) is 38.8 Å². The molecule has 1 aromatic rings. The van der Waals surface area contributed by atoms with E-state index < -0.39 is 0 Å². The zero-order chi connectivity index (χ0) is 15.1. The van der Waals surface area contributed by atoms with Crippen LogP contribution >= 0.6 is 47.2 Å². The fraction of sp³-hybridized carbons (Fsp3) is 0.533. The molecule has 1 aliphatic rings. The molecule has 22 heavy (non-hydrogen) atoms. The fourth-order valence-corrected chi connectivity index (χ4v) is 2.90. The van der Waals surface area contributed by atoms with Crippen LogP contribution in [0.15, 0.2) is 23.2 Å². The highest BCUT2D eigenvalue weighted by molar-refractivity contribution is 14.0. The van der Waals surface area contributed by atoms with Crippen molar-refractivity contribution in [2.45, 2.75) is 25.4 Å². The molecule has 0 spiro atoms. The number of hydrogen-bond donors (Lipinski definition) is 2. The van der Waals surface area contributed by atoms with Crippen molar-refractivity contribution < 1.29 is 4.74 Å². The molecule has 1 atom stereocenters. The number of benzene rings is 1. The fourth-order valence-electron chi connectivity index (χ4n) is 2.31. The van der Waals surface area contributed by atoms with Gasteiger partial charge in [-0.05, 0) is 37.0 Å². The van der Waals surface area contributed by atoms with Crippen LogP contribution in [0.25, 0.3) is 0 Å². The first-order valence-corrected chi connectivity index (χ1v) is 7.95. The Morgan fingerprint density at radius 1 is 1.32 bits per heavy atom. The molecule has 7 heteroatoms. The maximum Gasteiger partial charge on any atom is 0.191 e. The summed E-state index contributed by atoms with van der Waals surface area (Å²) in [6.45, 7) is 2.37. The van der Waals surface area contributed by atoms with Gasteiger partial charge in [-0.2, -0.15) is 0 Å². The Hall–Kier alpha value is -0.240. The van der Waals surface area contributed by atoms with Gasteiger partial charge in [0.15, 0.2) is 5.96 Å². The molecule has 0 radical (unpaired) electrons. The van der Waals surface area contributed by atoms with Gasteiger partial charge in [-0.3, -0.25) is 4.99 Å². The number of nitrogens with zero attached hydrogens (tertiary/aromatic N) is 1. The van der Waals surface area contributed by atoms with E-state index in [1.165, 1.54) is 0 Å². The van der Waals surface area contributed by atoms with E-state index in [0.717, 1.165) is 43.9 Å². The smallest absolute Gasteiger partial charge is 0.191 e. The molecule has 1 aromatic carbocycles. The maximum atomic E-state index is 6.15. The summed E-state index contributed by atoms with van der Waals surface area (Å²) in [6.07, 6.45) is 3.29. The average Bonchev–Trinajstić information content (AvgIpc) is 2.98. The Morgan fingerprint density at radius 3 is 2.64 bits per heavy atom. The van der Waals surface area contributed by atoms with Crippen molar-refractivity contribution in [2.24, 2.45) is 4.99 Å². The number of ether oxygens (including phenoxy) is 1. The van der Waals surface area contributed by atoms with Crippen LogP contribution < -0.4 is 10.6 Å². The number of hydrogen-bond acceptors (Lipinski definition) is 2. The normalized spacial score (nSPS) is 18.0. The zero-order valence-electron chi connectivity index (χ0n) is 12.6. The van der Waals surface area contributed by atoms with Gasteiger partial charge in [-0.1, -0.05) is 29.3 Å². The third kappa shape index (κ3) is 6.10. The van der Waals surface area contributed by atoms with Crippen molar-refractivity contribution in [2.75, 3.05) is 26.7 Å². The predicted octanol–water partition coefficient (Wildman–Crippen LogP) is 3.50. The van der Waals surface area contributed by atoms with E-state index in [1.807, 2.05) is 18.2 Å². The molecule has 0 saturated carbocycles. The summed E-state index contributed by atoms with van der Waals surface area (Å²) in [6, 6.07) is 5.56. The van der Waals surface area contributed by atoms with Gasteiger partial charge >= 0.3 is 0 Å². The molecule has 1 heterocycles. The Morgan fingerprint density at radius 2 is 2.05 bits per heavy atom. The van der Waals surface area contributed by atoms with Gasteiger partial charge in [-0.25, -0.2) is 0 Å². The molecule has 2 rings (SSSR count). The SMILES string of the molecule is CN=C(NCCc1c(Cl)cccc1Cl)NCC1CCCO1.I. The quantitative estimate of drug-likeness (QED) is 0.404. The van der Waals surface area contributed by atoms with E-state index in [2.05, 4.69) is 15.6 Å². The Bertz CT molecular complexity index is 473. The lowest BCUT2D eigenvalue weighted by molar-refractivity contribution is 0.114. The molecule has 124 valence electrons. The van der Waals surface area contributed by atoms with Crippen LogP contribution in [0.3, 0.4) is 0 Å². The molecule has 4 nitrogen and oxygen atoms in total. The standard InChI is InChI=1S/C15H21Cl2N3O.HI/c1-18-15(20-10-11-4-3-9-21-11)19-8-7-12-13(16)5-2-6-14(12)17;/h2,5-6,11H,3-4,7-10H2,1H3,(H2,18,19,20);1H. The maximum absolute atomic E-state index is 6.15. The highest BCUT2D eigenvalue weighted by atomic mass is 127. The summed E-state index contributed by atoms with van der Waals surface area (Å²) < 4.78 is 5.57. The lowest BCUT2D eigenvalue weighted by Gasteiger charge is -2.15. The average molecular weight is 458 g/mol. The van der Waals surface area contributed by atoms with Crippen LogP contribution in [0.1, 0.15) is 18.4 Å². The number of aliphatic imine (C=N–C) groups is 1. The van der Waals surface area contributed by atoms with Crippen LogP contribution in [0.4, 0.5) is 0 Å². The molecule has 0 amide bonds. The number of halogens is 3. The summed E-state index contributed by atoms with van der Waals surface area (Å²) in [5.74, 6) is 0.772. The van der Waals surface area contributed by atoms with Gasteiger partial charge < -0.3 is 15.4 Å². The van der Waals surface area contributed by atoms with Crippen molar-refractivity contribution in [1.29, 1.82) is 0 Å². The Kier molecular flexibility index (Phi) is 9.47. The van der Waals surface area contributed by atoms with Crippen LogP contribution in [-0.2, 0) is 11.2 Å². The van der Waals surface area contributed by atoms with E-state index in [1.54, 1.807) is 7.05 Å². The molecule has 1 saturated heterocycles. The number of guanidine groups is 1. The van der Waals surface area contributed by atoms with E-state index in [-0.39, 0.29) is 24.0 Å². The van der Waals surface area contributed by atoms with E-state index >= 15 is 0 Å². The second-order valence-corrected chi connectivity index (χ2v) is 5.78. The minimum Gasteiger partial charge on any atom is -0.376 e. The highest BCUT2D eigenvalue weighted by Gasteiger charge is 2.15. The van der Waals surface area contributed by atoms with E-state index in [4.69, 9.17) is 27.9 Å². The van der Waals surface area contributed by atoms with Crippen molar-refractivity contribution >= 4 is 53.1 Å². The third-order valence-electron chi connectivity index (χ3n) is 3.47. The minimum absolute atomic E-state index is 0. The molecule has 0 bridgehead atoms. The first kappa shape index (κ1) is 19.8. The topological polar surface area (TPSA) is 45.7 Å². The van der Waals surface area contributed by atoms with Crippen LogP contribution in [0, 0.1) is 0 Å². The molecule has 1 aliphatic heterocycles. The monoisotopic (exact) mass is 457 g/mol. The lowest BCUT2D eigenvalue weighted by Crippen LogP contribution is -2.41. The van der Waals surface area contributed by atoms with Gasteiger partial charge in [0, 0.05) is 36.8 Å². The van der Waals surface area contributed by atoms with Gasteiger partial charge in [0.1, 0.15) is 0 Å². The van der Waals surface area contributed by atoms with Gasteiger partial charge in [0.05, 0.1) is 6.10 Å². The molecule has 2 N–H and O–H groups in total. The molecular weight excluding hydrogens is 436 g/mol. The van der Waals surface area contributed by atoms with Gasteiger partial charge in [-0.15, -0.1) is 24.0 Å². The van der Waals surface area contributed by atoms with Crippen LogP contribution in [0.2, 0.25) is 10.0 Å². The first-order valence-electron chi connectivity index (χ1n) is 7.19. The minimum atomic E-state index is 0. The summed E-state index contributed by atoms with van der Waals surface area (Å²) in [7, 11) is 1.76. The second kappa shape index (κ2) is 10.5. The highest BCUT2D eigenvalue weighted by Crippen LogP contribution is 2.24. The Balaban J connectivity index is 0.00000242. The summed E-state index contributed by atoms with van der Waals surface area (Å²) in [5.41, 5.74) is 0.961. The predicted molar refractivity (Wildman–Crippen MR) is 104 cm³/mol. The molecule has 0 aromatic heterocycles. The van der Waals surface area contributed by atoms with E-state index in [0.29, 0.717) is 22.7 Å². The number of nitrogens with one attached hydrogen (secondary N) is 2. The number of rotatable bonds is 5. The molecule has 0 aliphatic carbocycles. The lowest BCUT2D eigenvalue weighted by atomic mass is 10.1. The van der Waals surface area contributed by atoms with Crippen molar-refractivity contribution in [3.05, 3.63) is 33.8 Å². The molecule has 1 fully saturated rings. The summed E-state index contributed by atoms with van der Waals surface area (Å²) >= 11 is 12.3. The molecule has 1 unspecified atom stereocenters.